The summed E-state index contributed by atoms with van der Waals surface area (Å²) in [7, 11) is 0. The summed E-state index contributed by atoms with van der Waals surface area (Å²) in [5.41, 5.74) is 1.38. The molecular weight excluding hydrogens is 150 g/mol. The van der Waals surface area contributed by atoms with Gasteiger partial charge in [0, 0.05) is 5.92 Å². The van der Waals surface area contributed by atoms with E-state index in [-0.39, 0.29) is 0 Å². The lowest BCUT2D eigenvalue weighted by Gasteiger charge is -2.27. The Kier molecular flexibility index (Phi) is 1.43. The van der Waals surface area contributed by atoms with Crippen molar-refractivity contribution in [3.8, 4) is 0 Å². The standard InChI is InChI=1S/C10H15NO/c1-2-4-8-7(3-1)5-10-9(8)6-12-11-10/h7-9H,1-6H2/t7-,8+,9-/m0/s1. The van der Waals surface area contributed by atoms with Gasteiger partial charge in [-0.2, -0.15) is 0 Å². The van der Waals surface area contributed by atoms with Crippen molar-refractivity contribution >= 4 is 5.71 Å². The van der Waals surface area contributed by atoms with E-state index in [0.29, 0.717) is 0 Å². The van der Waals surface area contributed by atoms with Gasteiger partial charge in [0.25, 0.3) is 0 Å². The molecule has 12 heavy (non-hydrogen) atoms. The van der Waals surface area contributed by atoms with E-state index in [0.717, 1.165) is 24.4 Å². The Balaban J connectivity index is 1.86. The van der Waals surface area contributed by atoms with Crippen molar-refractivity contribution < 1.29 is 4.84 Å². The molecule has 0 bridgehead atoms. The molecule has 66 valence electrons. The Hall–Kier alpha value is -0.530. The highest BCUT2D eigenvalue weighted by Crippen LogP contribution is 2.46. The van der Waals surface area contributed by atoms with Crippen LogP contribution in [0.25, 0.3) is 0 Å². The molecule has 0 aromatic heterocycles. The molecule has 2 aliphatic carbocycles. The number of oxime groups is 1. The molecule has 0 aromatic rings. The molecular formula is C10H15NO. The minimum atomic E-state index is 0.718. The summed E-state index contributed by atoms with van der Waals surface area (Å²) >= 11 is 0. The fraction of sp³-hybridized carbons (Fsp3) is 0.900. The van der Waals surface area contributed by atoms with Gasteiger partial charge in [-0.1, -0.05) is 18.0 Å². The molecule has 1 heterocycles. The first kappa shape index (κ1) is 6.93. The van der Waals surface area contributed by atoms with E-state index in [1.165, 1.54) is 37.8 Å². The maximum Gasteiger partial charge on any atom is 0.125 e. The van der Waals surface area contributed by atoms with Crippen LogP contribution in [-0.4, -0.2) is 12.3 Å². The molecule has 0 spiro atoms. The van der Waals surface area contributed by atoms with Crippen LogP contribution in [0.1, 0.15) is 32.1 Å². The topological polar surface area (TPSA) is 21.6 Å². The maximum atomic E-state index is 5.15. The Labute approximate surface area is 73.0 Å². The van der Waals surface area contributed by atoms with Crippen molar-refractivity contribution in [2.24, 2.45) is 22.9 Å². The van der Waals surface area contributed by atoms with Crippen molar-refractivity contribution in [2.75, 3.05) is 6.61 Å². The monoisotopic (exact) mass is 165 g/mol. The van der Waals surface area contributed by atoms with Crippen molar-refractivity contribution in [1.29, 1.82) is 0 Å². The molecule has 3 aliphatic rings. The number of fused-ring (bicyclic) bond motifs is 3. The van der Waals surface area contributed by atoms with Crippen LogP contribution in [0.3, 0.4) is 0 Å². The van der Waals surface area contributed by atoms with Crippen LogP contribution in [0.4, 0.5) is 0 Å². The Morgan fingerprint density at radius 2 is 2.17 bits per heavy atom. The van der Waals surface area contributed by atoms with Crippen LogP contribution in [0.2, 0.25) is 0 Å². The summed E-state index contributed by atoms with van der Waals surface area (Å²) in [4.78, 5) is 5.15. The lowest BCUT2D eigenvalue weighted by atomic mass is 9.78. The normalized spacial score (nSPS) is 44.7. The van der Waals surface area contributed by atoms with Crippen LogP contribution >= 0.6 is 0 Å². The second-order valence-electron chi connectivity index (χ2n) is 4.40. The van der Waals surface area contributed by atoms with Gasteiger partial charge in [-0.05, 0) is 31.1 Å². The predicted octanol–water partition coefficient (Wildman–Crippen LogP) is 2.20. The molecule has 3 atom stereocenters. The molecule has 2 saturated carbocycles. The van der Waals surface area contributed by atoms with E-state index >= 15 is 0 Å². The van der Waals surface area contributed by atoms with Crippen molar-refractivity contribution in [2.45, 2.75) is 32.1 Å². The van der Waals surface area contributed by atoms with Gasteiger partial charge < -0.3 is 4.84 Å². The fourth-order valence-corrected chi connectivity index (χ4v) is 3.21. The smallest absolute Gasteiger partial charge is 0.125 e. The average molecular weight is 165 g/mol. The third-order valence-electron chi connectivity index (χ3n) is 3.82. The molecule has 2 fully saturated rings. The van der Waals surface area contributed by atoms with E-state index < -0.39 is 0 Å². The molecule has 0 amide bonds. The Morgan fingerprint density at radius 3 is 3.17 bits per heavy atom. The highest BCUT2D eigenvalue weighted by Gasteiger charge is 2.44. The number of hydrogen-bond donors (Lipinski definition) is 0. The maximum absolute atomic E-state index is 5.15. The fourth-order valence-electron chi connectivity index (χ4n) is 3.21. The highest BCUT2D eigenvalue weighted by atomic mass is 16.6. The van der Waals surface area contributed by atoms with Gasteiger partial charge in [-0.3, -0.25) is 0 Å². The Morgan fingerprint density at radius 1 is 1.25 bits per heavy atom. The third kappa shape index (κ3) is 0.838. The van der Waals surface area contributed by atoms with Crippen LogP contribution in [0, 0.1) is 17.8 Å². The first-order valence-electron chi connectivity index (χ1n) is 5.14. The molecule has 0 unspecified atom stereocenters. The first-order chi connectivity index (χ1) is 5.95. The molecule has 2 nitrogen and oxygen atoms in total. The van der Waals surface area contributed by atoms with Crippen LogP contribution in [0.5, 0.6) is 0 Å². The molecule has 3 rings (SSSR count). The van der Waals surface area contributed by atoms with Crippen LogP contribution in [0.15, 0.2) is 5.16 Å². The van der Waals surface area contributed by atoms with Crippen molar-refractivity contribution in [1.82, 2.24) is 0 Å². The van der Waals surface area contributed by atoms with Gasteiger partial charge in [0.1, 0.15) is 6.61 Å². The molecule has 0 aromatic carbocycles. The molecule has 0 saturated heterocycles. The SMILES string of the molecule is C1CC[C@@H]2[C@@H](C1)CC1=NOC[C@H]12. The molecule has 2 heteroatoms. The summed E-state index contributed by atoms with van der Waals surface area (Å²) in [5, 5.41) is 4.14. The zero-order chi connectivity index (χ0) is 7.97. The van der Waals surface area contributed by atoms with E-state index in [1.54, 1.807) is 0 Å². The predicted molar refractivity (Wildman–Crippen MR) is 46.9 cm³/mol. The van der Waals surface area contributed by atoms with Crippen molar-refractivity contribution in [3.05, 3.63) is 0 Å². The number of rotatable bonds is 0. The molecule has 0 N–H and O–H groups in total. The minimum Gasteiger partial charge on any atom is -0.395 e. The summed E-state index contributed by atoms with van der Waals surface area (Å²) in [6, 6.07) is 0. The second kappa shape index (κ2) is 2.48. The molecule has 0 radical (unpaired) electrons. The largest absolute Gasteiger partial charge is 0.395 e. The third-order valence-corrected chi connectivity index (χ3v) is 3.82. The van der Waals surface area contributed by atoms with Crippen molar-refractivity contribution in [3.63, 3.8) is 0 Å². The van der Waals surface area contributed by atoms with E-state index in [1.807, 2.05) is 0 Å². The van der Waals surface area contributed by atoms with Gasteiger partial charge >= 0.3 is 0 Å². The molecule has 1 aliphatic heterocycles. The summed E-state index contributed by atoms with van der Waals surface area (Å²) in [6.45, 7) is 0.885. The number of nitrogens with zero attached hydrogens (tertiary/aromatic N) is 1. The summed E-state index contributed by atoms with van der Waals surface area (Å²) < 4.78 is 0. The summed E-state index contributed by atoms with van der Waals surface area (Å²) in [6.07, 6.45) is 7.00. The quantitative estimate of drug-likeness (QED) is 0.539. The first-order valence-corrected chi connectivity index (χ1v) is 5.14. The average Bonchev–Trinajstić information content (AvgIpc) is 2.62. The zero-order valence-electron chi connectivity index (χ0n) is 7.33. The van der Waals surface area contributed by atoms with Gasteiger partial charge in [-0.15, -0.1) is 0 Å². The Bertz CT molecular complexity index is 224. The van der Waals surface area contributed by atoms with E-state index in [4.69, 9.17) is 4.84 Å². The second-order valence-corrected chi connectivity index (χ2v) is 4.40. The zero-order valence-corrected chi connectivity index (χ0v) is 7.33. The van der Waals surface area contributed by atoms with Gasteiger partial charge in [-0.25, -0.2) is 0 Å². The highest BCUT2D eigenvalue weighted by molar-refractivity contribution is 5.90. The van der Waals surface area contributed by atoms with Crippen LogP contribution < -0.4 is 0 Å². The van der Waals surface area contributed by atoms with E-state index in [9.17, 15) is 0 Å². The number of hydrogen-bond acceptors (Lipinski definition) is 2. The van der Waals surface area contributed by atoms with E-state index in [2.05, 4.69) is 5.16 Å². The van der Waals surface area contributed by atoms with Crippen LogP contribution in [-0.2, 0) is 4.84 Å². The van der Waals surface area contributed by atoms with Gasteiger partial charge in [0.2, 0.25) is 0 Å². The lowest BCUT2D eigenvalue weighted by molar-refractivity contribution is 0.114. The minimum absolute atomic E-state index is 0.718. The lowest BCUT2D eigenvalue weighted by Crippen LogP contribution is -2.21. The van der Waals surface area contributed by atoms with Gasteiger partial charge in [0.15, 0.2) is 0 Å². The van der Waals surface area contributed by atoms with Gasteiger partial charge in [0.05, 0.1) is 5.71 Å². The summed E-state index contributed by atoms with van der Waals surface area (Å²) in [5.74, 6) is 2.61.